The number of benzene rings is 1. The Hall–Kier alpha value is -2.57. The second-order valence-electron chi connectivity index (χ2n) is 6.48. The molecule has 25 heavy (non-hydrogen) atoms. The smallest absolute Gasteiger partial charge is 0.317 e. The lowest BCUT2D eigenvalue weighted by Crippen LogP contribution is -2.53. The minimum atomic E-state index is -0.0620. The van der Waals surface area contributed by atoms with Crippen LogP contribution in [0.1, 0.15) is 29.3 Å². The second kappa shape index (κ2) is 7.13. The average molecular weight is 344 g/mol. The number of amides is 4. The van der Waals surface area contributed by atoms with E-state index in [4.69, 9.17) is 0 Å². The number of nitrogens with zero attached hydrogens (tertiary/aromatic N) is 3. The van der Waals surface area contributed by atoms with E-state index in [1.165, 1.54) is 0 Å². The molecule has 1 N–H and O–H groups in total. The molecule has 7 heteroatoms. The van der Waals surface area contributed by atoms with Gasteiger partial charge in [-0.15, -0.1) is 0 Å². The number of rotatable bonds is 3. The van der Waals surface area contributed by atoms with Crippen molar-refractivity contribution in [1.82, 2.24) is 15.1 Å². The summed E-state index contributed by atoms with van der Waals surface area (Å²) in [6.07, 6.45) is 1.25. The van der Waals surface area contributed by atoms with Crippen LogP contribution < -0.4 is 10.2 Å². The quantitative estimate of drug-likeness (QED) is 0.892. The molecule has 3 rings (SSSR count). The van der Waals surface area contributed by atoms with Gasteiger partial charge in [-0.1, -0.05) is 6.92 Å². The van der Waals surface area contributed by atoms with Crippen LogP contribution in [-0.2, 0) is 11.2 Å². The Morgan fingerprint density at radius 3 is 2.48 bits per heavy atom. The van der Waals surface area contributed by atoms with Crippen molar-refractivity contribution >= 4 is 23.5 Å². The van der Waals surface area contributed by atoms with Gasteiger partial charge < -0.3 is 20.0 Å². The van der Waals surface area contributed by atoms with Crippen LogP contribution in [0.25, 0.3) is 0 Å². The van der Waals surface area contributed by atoms with Crippen molar-refractivity contribution in [3.05, 3.63) is 29.3 Å². The zero-order valence-corrected chi connectivity index (χ0v) is 14.7. The Labute approximate surface area is 147 Å². The molecule has 134 valence electrons. The number of piperazine rings is 1. The van der Waals surface area contributed by atoms with E-state index in [1.807, 2.05) is 19.1 Å². The summed E-state index contributed by atoms with van der Waals surface area (Å²) in [5, 5.41) is 2.86. The molecular formula is C18H24N4O3. The van der Waals surface area contributed by atoms with Gasteiger partial charge in [-0.25, -0.2) is 4.79 Å². The van der Waals surface area contributed by atoms with E-state index >= 15 is 0 Å². The van der Waals surface area contributed by atoms with E-state index in [0.29, 0.717) is 44.7 Å². The number of hydrogen-bond donors (Lipinski definition) is 1. The van der Waals surface area contributed by atoms with Gasteiger partial charge in [-0.3, -0.25) is 9.59 Å². The Morgan fingerprint density at radius 1 is 1.12 bits per heavy atom. The van der Waals surface area contributed by atoms with Crippen LogP contribution in [-0.4, -0.2) is 67.4 Å². The van der Waals surface area contributed by atoms with Crippen LogP contribution in [0.5, 0.6) is 0 Å². The highest BCUT2D eigenvalue weighted by Gasteiger charge is 2.28. The number of anilines is 1. The maximum absolute atomic E-state index is 12.7. The summed E-state index contributed by atoms with van der Waals surface area (Å²) in [6.45, 7) is 4.79. The molecule has 2 heterocycles. The molecule has 0 bridgehead atoms. The predicted octanol–water partition coefficient (Wildman–Crippen LogP) is 1.08. The Morgan fingerprint density at radius 2 is 1.80 bits per heavy atom. The zero-order chi connectivity index (χ0) is 18.0. The molecule has 2 aliphatic rings. The van der Waals surface area contributed by atoms with Crippen LogP contribution in [0.3, 0.4) is 0 Å². The SMILES string of the molecule is CCCNC(=O)N1CCN(C(=O)c2ccc3c(c2)CC(=O)N3C)CC1. The fourth-order valence-corrected chi connectivity index (χ4v) is 3.24. The molecule has 1 aromatic rings. The van der Waals surface area contributed by atoms with Gasteiger partial charge >= 0.3 is 6.03 Å². The molecule has 0 atom stereocenters. The van der Waals surface area contributed by atoms with E-state index in [1.54, 1.807) is 27.8 Å². The van der Waals surface area contributed by atoms with Crippen LogP contribution >= 0.6 is 0 Å². The van der Waals surface area contributed by atoms with Crippen molar-refractivity contribution in [3.63, 3.8) is 0 Å². The number of urea groups is 1. The molecule has 4 amide bonds. The zero-order valence-electron chi connectivity index (χ0n) is 14.7. The van der Waals surface area contributed by atoms with Crippen LogP contribution in [0.4, 0.5) is 10.5 Å². The third kappa shape index (κ3) is 3.45. The molecule has 1 saturated heterocycles. The predicted molar refractivity (Wildman–Crippen MR) is 94.7 cm³/mol. The number of fused-ring (bicyclic) bond motifs is 1. The summed E-state index contributed by atoms with van der Waals surface area (Å²) < 4.78 is 0. The van der Waals surface area contributed by atoms with Crippen molar-refractivity contribution in [2.75, 3.05) is 44.7 Å². The number of carbonyl (C=O) groups is 3. The summed E-state index contributed by atoms with van der Waals surface area (Å²) in [4.78, 5) is 41.6. The van der Waals surface area contributed by atoms with E-state index in [9.17, 15) is 14.4 Å². The maximum Gasteiger partial charge on any atom is 0.317 e. The van der Waals surface area contributed by atoms with Gasteiger partial charge in [0.05, 0.1) is 6.42 Å². The summed E-state index contributed by atoms with van der Waals surface area (Å²) >= 11 is 0. The molecule has 2 aliphatic heterocycles. The van der Waals surface area contributed by atoms with Crippen LogP contribution in [0.15, 0.2) is 18.2 Å². The minimum Gasteiger partial charge on any atom is -0.338 e. The molecule has 0 spiro atoms. The number of hydrogen-bond acceptors (Lipinski definition) is 3. The monoisotopic (exact) mass is 344 g/mol. The highest BCUT2D eigenvalue weighted by atomic mass is 16.2. The summed E-state index contributed by atoms with van der Waals surface area (Å²) in [6, 6.07) is 5.37. The lowest BCUT2D eigenvalue weighted by atomic mass is 10.1. The molecule has 1 aromatic carbocycles. The van der Waals surface area contributed by atoms with E-state index in [0.717, 1.165) is 17.7 Å². The lowest BCUT2D eigenvalue weighted by molar-refractivity contribution is -0.117. The van der Waals surface area contributed by atoms with E-state index < -0.39 is 0 Å². The molecular weight excluding hydrogens is 320 g/mol. The van der Waals surface area contributed by atoms with Gasteiger partial charge in [0.1, 0.15) is 0 Å². The fraction of sp³-hybridized carbons (Fsp3) is 0.500. The summed E-state index contributed by atoms with van der Waals surface area (Å²) in [7, 11) is 1.75. The molecule has 7 nitrogen and oxygen atoms in total. The minimum absolute atomic E-state index is 0.0431. The van der Waals surface area contributed by atoms with E-state index in [-0.39, 0.29) is 17.8 Å². The van der Waals surface area contributed by atoms with E-state index in [2.05, 4.69) is 5.32 Å². The van der Waals surface area contributed by atoms with Gasteiger partial charge in [-0.2, -0.15) is 0 Å². The fourth-order valence-electron chi connectivity index (χ4n) is 3.24. The summed E-state index contributed by atoms with van der Waals surface area (Å²) in [5.74, 6) is 0.00437. The first-order valence-electron chi connectivity index (χ1n) is 8.72. The van der Waals surface area contributed by atoms with Crippen molar-refractivity contribution in [2.24, 2.45) is 0 Å². The third-order valence-corrected chi connectivity index (χ3v) is 4.78. The van der Waals surface area contributed by atoms with Gasteiger partial charge in [0, 0.05) is 51.0 Å². The molecule has 1 fully saturated rings. The van der Waals surface area contributed by atoms with Crippen molar-refractivity contribution in [1.29, 1.82) is 0 Å². The number of nitrogens with one attached hydrogen (secondary N) is 1. The highest BCUT2D eigenvalue weighted by molar-refractivity contribution is 6.03. The van der Waals surface area contributed by atoms with Gasteiger partial charge in [0.15, 0.2) is 0 Å². The van der Waals surface area contributed by atoms with Gasteiger partial charge in [-0.05, 0) is 30.2 Å². The van der Waals surface area contributed by atoms with Crippen molar-refractivity contribution in [3.8, 4) is 0 Å². The Kier molecular flexibility index (Phi) is 4.92. The number of likely N-dealkylation sites (N-methyl/N-ethyl adjacent to an activating group) is 1. The van der Waals surface area contributed by atoms with Crippen LogP contribution in [0, 0.1) is 0 Å². The first-order chi connectivity index (χ1) is 12.0. The molecule has 0 saturated carbocycles. The largest absolute Gasteiger partial charge is 0.338 e. The van der Waals surface area contributed by atoms with Gasteiger partial charge in [0.25, 0.3) is 5.91 Å². The lowest BCUT2D eigenvalue weighted by Gasteiger charge is -2.34. The average Bonchev–Trinajstić information content (AvgIpc) is 2.92. The Balaban J connectivity index is 1.61. The molecule has 0 aliphatic carbocycles. The second-order valence-corrected chi connectivity index (χ2v) is 6.48. The Bertz CT molecular complexity index is 696. The topological polar surface area (TPSA) is 73.0 Å². The van der Waals surface area contributed by atoms with Crippen molar-refractivity contribution < 1.29 is 14.4 Å². The van der Waals surface area contributed by atoms with Crippen LogP contribution in [0.2, 0.25) is 0 Å². The molecule has 0 radical (unpaired) electrons. The molecule has 0 aromatic heterocycles. The first kappa shape index (κ1) is 17.3. The standard InChI is InChI=1S/C18H24N4O3/c1-3-6-19-18(25)22-9-7-21(8-10-22)17(24)13-4-5-15-14(11-13)12-16(23)20(15)2/h4-5,11H,3,6-10,12H2,1-2H3,(H,19,25). The first-order valence-corrected chi connectivity index (χ1v) is 8.72. The normalized spacial score (nSPS) is 16.9. The van der Waals surface area contributed by atoms with Crippen molar-refractivity contribution in [2.45, 2.75) is 19.8 Å². The van der Waals surface area contributed by atoms with Gasteiger partial charge in [0.2, 0.25) is 5.91 Å². The maximum atomic E-state index is 12.7. The third-order valence-electron chi connectivity index (χ3n) is 4.78. The highest BCUT2D eigenvalue weighted by Crippen LogP contribution is 2.28. The molecule has 0 unspecified atom stereocenters. The summed E-state index contributed by atoms with van der Waals surface area (Å²) in [5.41, 5.74) is 2.38. The number of carbonyl (C=O) groups excluding carboxylic acids is 3.